The lowest BCUT2D eigenvalue weighted by Crippen LogP contribution is -2.15. The summed E-state index contributed by atoms with van der Waals surface area (Å²) in [5.74, 6) is -0.197. The molecule has 16 heavy (non-hydrogen) atoms. The average molecular weight is 296 g/mol. The van der Waals surface area contributed by atoms with Crippen LogP contribution < -0.4 is 0 Å². The molecule has 0 spiro atoms. The summed E-state index contributed by atoms with van der Waals surface area (Å²) >= 11 is 2.95. The van der Waals surface area contributed by atoms with Crippen molar-refractivity contribution in [2.75, 3.05) is 13.2 Å². The molecule has 0 N–H and O–H groups in total. The van der Waals surface area contributed by atoms with Crippen LogP contribution in [0.2, 0.25) is 0 Å². The van der Waals surface area contributed by atoms with Gasteiger partial charge in [-0.25, -0.2) is 4.98 Å². The highest BCUT2D eigenvalue weighted by Gasteiger charge is 2.38. The van der Waals surface area contributed by atoms with Crippen LogP contribution in [0, 0.1) is 0 Å². The number of alkyl halides is 3. The van der Waals surface area contributed by atoms with Crippen LogP contribution in [0.1, 0.15) is 23.6 Å². The number of nitrogens with zero attached hydrogens (tertiary/aromatic N) is 1. The third-order valence-corrected chi connectivity index (χ3v) is 2.97. The van der Waals surface area contributed by atoms with Crippen LogP contribution >= 0.6 is 15.9 Å². The summed E-state index contributed by atoms with van der Waals surface area (Å²) in [6.07, 6.45) is -3.80. The number of hydrogen-bond acceptors (Lipinski definition) is 2. The molecule has 0 bridgehead atoms. The van der Waals surface area contributed by atoms with E-state index in [1.54, 1.807) is 0 Å². The van der Waals surface area contributed by atoms with Gasteiger partial charge in [0, 0.05) is 12.5 Å². The Kier molecular flexibility index (Phi) is 3.21. The van der Waals surface area contributed by atoms with Gasteiger partial charge in [-0.05, 0) is 34.0 Å². The third-order valence-electron chi connectivity index (χ3n) is 2.53. The smallest absolute Gasteiger partial charge is 0.381 e. The number of hydrogen-bond donors (Lipinski definition) is 0. The third kappa shape index (κ3) is 2.38. The predicted molar refractivity (Wildman–Crippen MR) is 55.1 cm³/mol. The van der Waals surface area contributed by atoms with Crippen LogP contribution in [-0.2, 0) is 10.9 Å². The summed E-state index contributed by atoms with van der Waals surface area (Å²) in [5.41, 5.74) is -0.578. The molecule has 2 rings (SSSR count). The zero-order valence-corrected chi connectivity index (χ0v) is 9.81. The van der Waals surface area contributed by atoms with Crippen LogP contribution in [0.25, 0.3) is 0 Å². The van der Waals surface area contributed by atoms with E-state index in [9.17, 15) is 13.2 Å². The van der Waals surface area contributed by atoms with E-state index in [1.165, 1.54) is 12.1 Å². The Balaban J connectivity index is 2.43. The van der Waals surface area contributed by atoms with Gasteiger partial charge in [0.1, 0.15) is 10.3 Å². The Hall–Kier alpha value is -0.620. The maximum absolute atomic E-state index is 12.8. The van der Waals surface area contributed by atoms with Crippen LogP contribution in [-0.4, -0.2) is 18.2 Å². The quantitative estimate of drug-likeness (QED) is 0.741. The molecule has 0 aromatic carbocycles. The molecular weight excluding hydrogens is 287 g/mol. The van der Waals surface area contributed by atoms with Crippen molar-refractivity contribution in [3.05, 3.63) is 28.0 Å². The van der Waals surface area contributed by atoms with Gasteiger partial charge in [0.2, 0.25) is 0 Å². The summed E-state index contributed by atoms with van der Waals surface area (Å²) in [6.45, 7) is 0.852. The fourth-order valence-electron chi connectivity index (χ4n) is 1.78. The standard InChI is InChI=1S/C10H9BrF3NO/c11-8-2-1-7(6-3-4-16-5-6)9(15-8)10(12,13)14/h1-2,6H,3-5H2. The largest absolute Gasteiger partial charge is 0.433 e. The number of rotatable bonds is 1. The molecule has 2 heterocycles. The number of aromatic nitrogens is 1. The number of halogens is 4. The molecule has 88 valence electrons. The van der Waals surface area contributed by atoms with Crippen molar-refractivity contribution in [2.45, 2.75) is 18.5 Å². The van der Waals surface area contributed by atoms with Crippen LogP contribution in [0.15, 0.2) is 16.7 Å². The average Bonchev–Trinajstić information content (AvgIpc) is 2.69. The maximum Gasteiger partial charge on any atom is 0.433 e. The Labute approximate surface area is 98.9 Å². The minimum absolute atomic E-state index is 0.197. The van der Waals surface area contributed by atoms with E-state index in [0.717, 1.165) is 0 Å². The maximum atomic E-state index is 12.8. The fourth-order valence-corrected chi connectivity index (χ4v) is 2.09. The molecule has 0 radical (unpaired) electrons. The summed E-state index contributed by atoms with van der Waals surface area (Å²) < 4.78 is 43.6. The van der Waals surface area contributed by atoms with Crippen molar-refractivity contribution in [1.82, 2.24) is 4.98 Å². The molecule has 1 unspecified atom stereocenters. The lowest BCUT2D eigenvalue weighted by molar-refractivity contribution is -0.142. The van der Waals surface area contributed by atoms with E-state index in [4.69, 9.17) is 4.74 Å². The van der Waals surface area contributed by atoms with Gasteiger partial charge in [-0.2, -0.15) is 13.2 Å². The molecule has 1 aliphatic heterocycles. The Bertz CT molecular complexity index is 388. The first-order valence-electron chi connectivity index (χ1n) is 4.80. The van der Waals surface area contributed by atoms with E-state index in [1.807, 2.05) is 0 Å². The minimum atomic E-state index is -4.41. The fraction of sp³-hybridized carbons (Fsp3) is 0.500. The molecule has 1 atom stereocenters. The second-order valence-electron chi connectivity index (χ2n) is 3.63. The molecular formula is C10H9BrF3NO. The van der Waals surface area contributed by atoms with E-state index in [2.05, 4.69) is 20.9 Å². The highest BCUT2D eigenvalue weighted by Crippen LogP contribution is 2.37. The van der Waals surface area contributed by atoms with Gasteiger partial charge in [-0.3, -0.25) is 0 Å². The first-order valence-corrected chi connectivity index (χ1v) is 5.59. The van der Waals surface area contributed by atoms with Gasteiger partial charge in [-0.15, -0.1) is 0 Å². The SMILES string of the molecule is FC(F)(F)c1nc(Br)ccc1C1CCOC1. The molecule has 1 aromatic heterocycles. The Morgan fingerprint density at radius 3 is 2.69 bits per heavy atom. The van der Waals surface area contributed by atoms with Gasteiger partial charge < -0.3 is 4.74 Å². The second-order valence-corrected chi connectivity index (χ2v) is 4.44. The van der Waals surface area contributed by atoms with Crippen molar-refractivity contribution >= 4 is 15.9 Å². The van der Waals surface area contributed by atoms with Gasteiger partial charge >= 0.3 is 6.18 Å². The van der Waals surface area contributed by atoms with E-state index < -0.39 is 11.9 Å². The molecule has 1 fully saturated rings. The highest BCUT2D eigenvalue weighted by molar-refractivity contribution is 9.10. The van der Waals surface area contributed by atoms with Gasteiger partial charge in [-0.1, -0.05) is 6.07 Å². The van der Waals surface area contributed by atoms with Crippen LogP contribution in [0.3, 0.4) is 0 Å². The zero-order chi connectivity index (χ0) is 11.8. The van der Waals surface area contributed by atoms with Crippen molar-refractivity contribution in [3.8, 4) is 0 Å². The molecule has 1 saturated heterocycles. The second kappa shape index (κ2) is 4.33. The molecule has 0 saturated carbocycles. The predicted octanol–water partition coefficient (Wildman–Crippen LogP) is 3.37. The number of ether oxygens (including phenoxy) is 1. The van der Waals surface area contributed by atoms with Crippen molar-refractivity contribution in [2.24, 2.45) is 0 Å². The van der Waals surface area contributed by atoms with E-state index in [0.29, 0.717) is 19.6 Å². The number of pyridine rings is 1. The molecule has 6 heteroatoms. The van der Waals surface area contributed by atoms with Gasteiger partial charge in [0.25, 0.3) is 0 Å². The van der Waals surface area contributed by atoms with Gasteiger partial charge in [0.15, 0.2) is 0 Å². The molecule has 0 aliphatic carbocycles. The Morgan fingerprint density at radius 1 is 1.38 bits per heavy atom. The first kappa shape index (κ1) is 11.9. The lowest BCUT2D eigenvalue weighted by Gasteiger charge is -2.15. The van der Waals surface area contributed by atoms with Crippen LogP contribution in [0.5, 0.6) is 0 Å². The van der Waals surface area contributed by atoms with Crippen molar-refractivity contribution in [3.63, 3.8) is 0 Å². The first-order chi connectivity index (χ1) is 7.48. The van der Waals surface area contributed by atoms with Crippen LogP contribution in [0.4, 0.5) is 13.2 Å². The molecule has 1 aliphatic rings. The van der Waals surface area contributed by atoms with Crippen molar-refractivity contribution < 1.29 is 17.9 Å². The normalized spacial score (nSPS) is 21.4. The molecule has 2 nitrogen and oxygen atoms in total. The molecule has 0 amide bonds. The summed E-state index contributed by atoms with van der Waals surface area (Å²) in [6, 6.07) is 3.00. The van der Waals surface area contributed by atoms with E-state index >= 15 is 0 Å². The highest BCUT2D eigenvalue weighted by atomic mass is 79.9. The topological polar surface area (TPSA) is 22.1 Å². The molecule has 1 aromatic rings. The van der Waals surface area contributed by atoms with Gasteiger partial charge in [0.05, 0.1) is 6.61 Å². The van der Waals surface area contributed by atoms with Crippen molar-refractivity contribution in [1.29, 1.82) is 0 Å². The minimum Gasteiger partial charge on any atom is -0.381 e. The lowest BCUT2D eigenvalue weighted by atomic mass is 9.97. The Morgan fingerprint density at radius 2 is 2.12 bits per heavy atom. The zero-order valence-electron chi connectivity index (χ0n) is 8.22. The summed E-state index contributed by atoms with van der Waals surface area (Å²) in [4.78, 5) is 3.53. The van der Waals surface area contributed by atoms with E-state index in [-0.39, 0.29) is 16.1 Å². The summed E-state index contributed by atoms with van der Waals surface area (Å²) in [5, 5.41) is 0. The monoisotopic (exact) mass is 295 g/mol. The summed E-state index contributed by atoms with van der Waals surface area (Å²) in [7, 11) is 0.